The molecule has 0 bridgehead atoms. The standard InChI is InChI=1S/C25H19N3O4S/c1-32-18-13-11-17(12-14-18)27-22(29)15-21(24(27)31)33-25-26-20-10-6-5-9-19(20)23(30)28(25)16-7-3-2-4-8-16/h2-14,21H,15H2,1H3. The van der Waals surface area contributed by atoms with Gasteiger partial charge in [-0.3, -0.25) is 19.0 Å². The molecule has 7 nitrogen and oxygen atoms in total. The summed E-state index contributed by atoms with van der Waals surface area (Å²) in [5.74, 6) is 0.00487. The highest BCUT2D eigenvalue weighted by Gasteiger charge is 2.41. The van der Waals surface area contributed by atoms with E-state index in [1.54, 1.807) is 49.6 Å². The van der Waals surface area contributed by atoms with E-state index in [0.717, 1.165) is 11.8 Å². The van der Waals surface area contributed by atoms with Crippen molar-refractivity contribution >= 4 is 40.2 Å². The Morgan fingerprint density at radius 2 is 1.58 bits per heavy atom. The summed E-state index contributed by atoms with van der Waals surface area (Å²) in [7, 11) is 1.55. The number of para-hydroxylation sites is 2. The second kappa shape index (κ2) is 8.55. The first-order valence-corrected chi connectivity index (χ1v) is 11.2. The maximum absolute atomic E-state index is 13.4. The van der Waals surface area contributed by atoms with Crippen molar-refractivity contribution in [1.29, 1.82) is 0 Å². The number of benzene rings is 3. The number of amides is 2. The van der Waals surface area contributed by atoms with E-state index in [1.807, 2.05) is 36.4 Å². The fraction of sp³-hybridized carbons (Fsp3) is 0.120. The Hall–Kier alpha value is -3.91. The normalized spacial score (nSPS) is 15.9. The lowest BCUT2D eigenvalue weighted by atomic mass is 10.2. The van der Waals surface area contributed by atoms with Crippen LogP contribution in [0.1, 0.15) is 6.42 Å². The highest BCUT2D eigenvalue weighted by atomic mass is 32.2. The van der Waals surface area contributed by atoms with Crippen LogP contribution < -0.4 is 15.2 Å². The van der Waals surface area contributed by atoms with Gasteiger partial charge in [0.25, 0.3) is 5.56 Å². The van der Waals surface area contributed by atoms with Crippen molar-refractivity contribution in [3.05, 3.63) is 89.2 Å². The zero-order chi connectivity index (χ0) is 22.9. The molecule has 0 saturated carbocycles. The van der Waals surface area contributed by atoms with Crippen molar-refractivity contribution in [2.75, 3.05) is 12.0 Å². The molecule has 2 amide bonds. The Morgan fingerprint density at radius 1 is 0.879 bits per heavy atom. The highest BCUT2D eigenvalue weighted by Crippen LogP contribution is 2.34. The van der Waals surface area contributed by atoms with Crippen molar-refractivity contribution in [3.63, 3.8) is 0 Å². The second-order valence-corrected chi connectivity index (χ2v) is 8.63. The van der Waals surface area contributed by atoms with Gasteiger partial charge in [0.1, 0.15) is 11.0 Å². The Balaban J connectivity index is 1.54. The molecular weight excluding hydrogens is 438 g/mol. The van der Waals surface area contributed by atoms with Crippen LogP contribution in [-0.4, -0.2) is 33.7 Å². The lowest BCUT2D eigenvalue weighted by molar-refractivity contribution is -0.121. The molecule has 164 valence electrons. The molecule has 1 saturated heterocycles. The summed E-state index contributed by atoms with van der Waals surface area (Å²) in [4.78, 5) is 45.2. The Kier molecular flexibility index (Phi) is 5.43. The number of carbonyl (C=O) groups is 2. The van der Waals surface area contributed by atoms with E-state index in [1.165, 1.54) is 9.47 Å². The summed E-state index contributed by atoms with van der Waals surface area (Å²) in [6, 6.07) is 23.0. The molecule has 1 atom stereocenters. The van der Waals surface area contributed by atoms with Gasteiger partial charge in [0.05, 0.1) is 29.4 Å². The molecule has 1 aromatic heterocycles. The summed E-state index contributed by atoms with van der Waals surface area (Å²) in [6.45, 7) is 0. The molecule has 1 fully saturated rings. The molecule has 0 spiro atoms. The minimum absolute atomic E-state index is 0.0208. The maximum Gasteiger partial charge on any atom is 0.266 e. The predicted octanol–water partition coefficient (Wildman–Crippen LogP) is 3.82. The number of thioether (sulfide) groups is 1. The fourth-order valence-electron chi connectivity index (χ4n) is 3.82. The van der Waals surface area contributed by atoms with E-state index in [4.69, 9.17) is 4.74 Å². The van der Waals surface area contributed by atoms with E-state index < -0.39 is 5.25 Å². The van der Waals surface area contributed by atoms with E-state index in [9.17, 15) is 14.4 Å². The average molecular weight is 458 g/mol. The van der Waals surface area contributed by atoms with E-state index in [-0.39, 0.29) is 23.8 Å². The van der Waals surface area contributed by atoms with Crippen LogP contribution in [0.4, 0.5) is 5.69 Å². The number of imide groups is 1. The van der Waals surface area contributed by atoms with Crippen LogP contribution in [0.2, 0.25) is 0 Å². The maximum atomic E-state index is 13.4. The first-order valence-electron chi connectivity index (χ1n) is 10.3. The third kappa shape index (κ3) is 3.78. The highest BCUT2D eigenvalue weighted by molar-refractivity contribution is 8.00. The van der Waals surface area contributed by atoms with Crippen molar-refractivity contribution < 1.29 is 14.3 Å². The van der Waals surface area contributed by atoms with Gasteiger partial charge in [-0.1, -0.05) is 42.1 Å². The van der Waals surface area contributed by atoms with Gasteiger partial charge >= 0.3 is 0 Å². The van der Waals surface area contributed by atoms with Crippen molar-refractivity contribution in [2.24, 2.45) is 0 Å². The van der Waals surface area contributed by atoms with Gasteiger partial charge in [-0.05, 0) is 48.5 Å². The van der Waals surface area contributed by atoms with Crippen LogP contribution in [0.15, 0.2) is 88.8 Å². The van der Waals surface area contributed by atoms with Crippen molar-refractivity contribution in [1.82, 2.24) is 9.55 Å². The van der Waals surface area contributed by atoms with Crippen LogP contribution in [0, 0.1) is 0 Å². The van der Waals surface area contributed by atoms with Crippen LogP contribution in [0.3, 0.4) is 0 Å². The first-order chi connectivity index (χ1) is 16.1. The number of methoxy groups -OCH3 is 1. The molecule has 1 aliphatic heterocycles. The number of anilines is 1. The molecule has 0 aliphatic carbocycles. The molecule has 0 N–H and O–H groups in total. The molecule has 1 unspecified atom stereocenters. The summed E-state index contributed by atoms with van der Waals surface area (Å²) < 4.78 is 6.65. The predicted molar refractivity (Wildman–Crippen MR) is 127 cm³/mol. The van der Waals surface area contributed by atoms with Gasteiger partial charge in [0, 0.05) is 6.42 Å². The molecule has 5 rings (SSSR count). The minimum atomic E-state index is -0.692. The topological polar surface area (TPSA) is 81.5 Å². The number of nitrogens with zero attached hydrogens (tertiary/aromatic N) is 3. The second-order valence-electron chi connectivity index (χ2n) is 7.46. The number of carbonyl (C=O) groups excluding carboxylic acids is 2. The summed E-state index contributed by atoms with van der Waals surface area (Å²) >= 11 is 1.13. The summed E-state index contributed by atoms with van der Waals surface area (Å²) in [5.41, 5.74) is 1.45. The van der Waals surface area contributed by atoms with Gasteiger partial charge < -0.3 is 4.74 Å². The van der Waals surface area contributed by atoms with E-state index in [2.05, 4.69) is 4.98 Å². The summed E-state index contributed by atoms with van der Waals surface area (Å²) in [6.07, 6.45) is 0.0208. The average Bonchev–Trinajstić information content (AvgIpc) is 3.12. The number of aromatic nitrogens is 2. The fourth-order valence-corrected chi connectivity index (χ4v) is 4.95. The molecule has 3 aromatic carbocycles. The van der Waals surface area contributed by atoms with Crippen molar-refractivity contribution in [3.8, 4) is 11.4 Å². The summed E-state index contributed by atoms with van der Waals surface area (Å²) in [5, 5.41) is 0.162. The Bertz CT molecular complexity index is 1420. The number of fused-ring (bicyclic) bond motifs is 1. The number of rotatable bonds is 5. The molecule has 4 aromatic rings. The number of hydrogen-bond donors (Lipinski definition) is 0. The molecule has 0 radical (unpaired) electrons. The van der Waals surface area contributed by atoms with Crippen molar-refractivity contribution in [2.45, 2.75) is 16.8 Å². The first kappa shape index (κ1) is 21.0. The molecule has 8 heteroatoms. The monoisotopic (exact) mass is 457 g/mol. The smallest absolute Gasteiger partial charge is 0.266 e. The zero-order valence-electron chi connectivity index (χ0n) is 17.7. The van der Waals surface area contributed by atoms with Crippen LogP contribution in [0.5, 0.6) is 5.75 Å². The van der Waals surface area contributed by atoms with E-state index in [0.29, 0.717) is 33.2 Å². The third-order valence-corrected chi connectivity index (χ3v) is 6.58. The minimum Gasteiger partial charge on any atom is -0.497 e. The Morgan fingerprint density at radius 3 is 2.30 bits per heavy atom. The molecule has 1 aliphatic rings. The third-order valence-electron chi connectivity index (χ3n) is 5.44. The van der Waals surface area contributed by atoms with Crippen LogP contribution in [-0.2, 0) is 9.59 Å². The molecule has 2 heterocycles. The zero-order valence-corrected chi connectivity index (χ0v) is 18.5. The van der Waals surface area contributed by atoms with Crippen LogP contribution in [0.25, 0.3) is 16.6 Å². The van der Waals surface area contributed by atoms with Gasteiger partial charge in [0.2, 0.25) is 11.8 Å². The molecular formula is C25H19N3O4S. The number of hydrogen-bond acceptors (Lipinski definition) is 6. The molecule has 33 heavy (non-hydrogen) atoms. The number of ether oxygens (including phenoxy) is 1. The quantitative estimate of drug-likeness (QED) is 0.335. The van der Waals surface area contributed by atoms with Gasteiger partial charge in [-0.15, -0.1) is 0 Å². The lowest BCUT2D eigenvalue weighted by Gasteiger charge is -2.17. The lowest BCUT2D eigenvalue weighted by Crippen LogP contribution is -2.31. The SMILES string of the molecule is COc1ccc(N2C(=O)CC(Sc3nc4ccccc4c(=O)n3-c3ccccc3)C2=O)cc1. The van der Waals surface area contributed by atoms with Gasteiger partial charge in [-0.25, -0.2) is 9.88 Å². The Labute approximate surface area is 193 Å². The van der Waals surface area contributed by atoms with Gasteiger partial charge in [-0.2, -0.15) is 0 Å². The van der Waals surface area contributed by atoms with E-state index >= 15 is 0 Å². The largest absolute Gasteiger partial charge is 0.497 e. The van der Waals surface area contributed by atoms with Gasteiger partial charge in [0.15, 0.2) is 5.16 Å². The van der Waals surface area contributed by atoms with Crippen LogP contribution >= 0.6 is 11.8 Å².